The Morgan fingerprint density at radius 1 is 0.743 bits per heavy atom. The highest BCUT2D eigenvalue weighted by molar-refractivity contribution is 7.91. The highest BCUT2D eigenvalue weighted by Crippen LogP contribution is 2.41. The van der Waals surface area contributed by atoms with Gasteiger partial charge in [0.1, 0.15) is 5.75 Å². The first kappa shape index (κ1) is 23.3. The Balaban J connectivity index is 1.43. The number of phenols is 1. The van der Waals surface area contributed by atoms with Crippen LogP contribution in [0, 0.1) is 6.92 Å². The Bertz CT molecular complexity index is 1430. The van der Waals surface area contributed by atoms with Crippen molar-refractivity contribution in [1.82, 2.24) is 0 Å². The summed E-state index contributed by atoms with van der Waals surface area (Å²) in [6.45, 7) is 4.34. The maximum Gasteiger partial charge on any atom is 0.222 e. The lowest BCUT2D eigenvalue weighted by Crippen LogP contribution is -2.29. The standard InChI is InChI=1S/C29H26O5S/c1-20-3-15-27(16-4-20)35(31,32)28-17-7-23(8-18-28)22-5-9-24(10-6-22)29(33-19-21(2)34-29)25-11-13-26(30)14-12-25/h3-18,21,30H,19H2,1-2H3. The lowest BCUT2D eigenvalue weighted by Gasteiger charge is -2.29. The molecule has 0 radical (unpaired) electrons. The van der Waals surface area contributed by atoms with Gasteiger partial charge in [-0.15, -0.1) is 0 Å². The molecule has 0 spiro atoms. The number of aromatic hydroxyl groups is 1. The van der Waals surface area contributed by atoms with Gasteiger partial charge in [0, 0.05) is 11.1 Å². The molecule has 6 heteroatoms. The highest BCUT2D eigenvalue weighted by Gasteiger charge is 2.43. The largest absolute Gasteiger partial charge is 0.508 e. The Labute approximate surface area is 205 Å². The second-order valence-corrected chi connectivity index (χ2v) is 10.8. The minimum absolute atomic E-state index is 0.0773. The van der Waals surface area contributed by atoms with Gasteiger partial charge in [-0.3, -0.25) is 0 Å². The summed E-state index contributed by atoms with van der Waals surface area (Å²) in [5.41, 5.74) is 4.50. The van der Waals surface area contributed by atoms with E-state index >= 15 is 0 Å². The van der Waals surface area contributed by atoms with Crippen molar-refractivity contribution in [2.24, 2.45) is 0 Å². The number of hydrogen-bond acceptors (Lipinski definition) is 5. The van der Waals surface area contributed by atoms with Gasteiger partial charge in [-0.1, -0.05) is 54.1 Å². The van der Waals surface area contributed by atoms with E-state index in [1.807, 2.05) is 50.2 Å². The summed E-state index contributed by atoms with van der Waals surface area (Å²) in [7, 11) is -3.57. The molecule has 1 N–H and O–H groups in total. The van der Waals surface area contributed by atoms with Crippen LogP contribution in [0.25, 0.3) is 11.1 Å². The molecule has 1 fully saturated rings. The predicted molar refractivity (Wildman–Crippen MR) is 134 cm³/mol. The molecular weight excluding hydrogens is 460 g/mol. The third-order valence-corrected chi connectivity index (χ3v) is 8.02. The SMILES string of the molecule is Cc1ccc(S(=O)(=O)c2ccc(-c3ccc(C4(c5ccc(O)cc5)OCC(C)O4)cc3)cc2)cc1. The minimum atomic E-state index is -3.57. The molecule has 0 saturated carbocycles. The van der Waals surface area contributed by atoms with E-state index in [4.69, 9.17) is 9.47 Å². The third kappa shape index (κ3) is 4.36. The maximum atomic E-state index is 13.0. The molecule has 4 aromatic carbocycles. The molecule has 1 saturated heterocycles. The van der Waals surface area contributed by atoms with Crippen LogP contribution in [0.15, 0.2) is 107 Å². The van der Waals surface area contributed by atoms with E-state index in [0.717, 1.165) is 27.8 Å². The maximum absolute atomic E-state index is 13.0. The average molecular weight is 487 g/mol. The number of rotatable bonds is 5. The Kier molecular flexibility index (Phi) is 5.97. The summed E-state index contributed by atoms with van der Waals surface area (Å²) in [6.07, 6.45) is -0.0773. The fraction of sp³-hybridized carbons (Fsp3) is 0.172. The van der Waals surface area contributed by atoms with Crippen LogP contribution < -0.4 is 0 Å². The predicted octanol–water partition coefficient (Wildman–Crippen LogP) is 5.84. The summed E-state index contributed by atoms with van der Waals surface area (Å²) in [4.78, 5) is 0.542. The second-order valence-electron chi connectivity index (χ2n) is 8.82. The summed E-state index contributed by atoms with van der Waals surface area (Å²) in [5.74, 6) is -0.865. The number of hydrogen-bond donors (Lipinski definition) is 1. The molecule has 35 heavy (non-hydrogen) atoms. The fourth-order valence-electron chi connectivity index (χ4n) is 4.30. The molecule has 1 heterocycles. The Morgan fingerprint density at radius 2 is 1.20 bits per heavy atom. The first-order valence-corrected chi connectivity index (χ1v) is 12.9. The van der Waals surface area contributed by atoms with Gasteiger partial charge >= 0.3 is 0 Å². The first-order chi connectivity index (χ1) is 16.8. The zero-order valence-corrected chi connectivity index (χ0v) is 20.3. The third-order valence-electron chi connectivity index (χ3n) is 6.23. The molecule has 0 bridgehead atoms. The number of ether oxygens (including phenoxy) is 2. The van der Waals surface area contributed by atoms with Crippen molar-refractivity contribution in [3.8, 4) is 16.9 Å². The normalized spacial score (nSPS) is 20.1. The lowest BCUT2D eigenvalue weighted by atomic mass is 9.95. The van der Waals surface area contributed by atoms with Crippen LogP contribution in [0.5, 0.6) is 5.75 Å². The molecule has 1 aliphatic heterocycles. The van der Waals surface area contributed by atoms with Crippen LogP contribution in [0.2, 0.25) is 0 Å². The number of aryl methyl sites for hydroxylation is 1. The number of phenolic OH excluding ortho intramolecular Hbond substituents is 1. The van der Waals surface area contributed by atoms with E-state index in [1.165, 1.54) is 0 Å². The van der Waals surface area contributed by atoms with Crippen LogP contribution in [0.3, 0.4) is 0 Å². The van der Waals surface area contributed by atoms with Crippen molar-refractivity contribution in [2.75, 3.05) is 6.61 Å². The van der Waals surface area contributed by atoms with Gasteiger partial charge in [-0.25, -0.2) is 8.42 Å². The van der Waals surface area contributed by atoms with Gasteiger partial charge in [-0.05, 0) is 73.5 Å². The van der Waals surface area contributed by atoms with E-state index < -0.39 is 15.6 Å². The topological polar surface area (TPSA) is 72.8 Å². The van der Waals surface area contributed by atoms with Gasteiger partial charge in [-0.2, -0.15) is 0 Å². The van der Waals surface area contributed by atoms with Crippen LogP contribution in [0.1, 0.15) is 23.6 Å². The van der Waals surface area contributed by atoms with Crippen molar-refractivity contribution in [1.29, 1.82) is 0 Å². The van der Waals surface area contributed by atoms with E-state index in [0.29, 0.717) is 6.61 Å². The molecular formula is C29H26O5S. The van der Waals surface area contributed by atoms with Crippen LogP contribution in [-0.4, -0.2) is 26.2 Å². The molecule has 4 aromatic rings. The van der Waals surface area contributed by atoms with Gasteiger partial charge < -0.3 is 14.6 Å². The van der Waals surface area contributed by atoms with Gasteiger partial charge in [0.25, 0.3) is 0 Å². The van der Waals surface area contributed by atoms with Gasteiger partial charge in [0.2, 0.25) is 15.6 Å². The quantitative estimate of drug-likeness (QED) is 0.384. The van der Waals surface area contributed by atoms with E-state index in [-0.39, 0.29) is 21.6 Å². The van der Waals surface area contributed by atoms with E-state index in [1.54, 1.807) is 60.7 Å². The van der Waals surface area contributed by atoms with Crippen molar-refractivity contribution in [3.05, 3.63) is 114 Å². The molecule has 178 valence electrons. The van der Waals surface area contributed by atoms with Crippen molar-refractivity contribution >= 4 is 9.84 Å². The van der Waals surface area contributed by atoms with Gasteiger partial charge in [0.05, 0.1) is 22.5 Å². The lowest BCUT2D eigenvalue weighted by molar-refractivity contribution is -0.140. The molecule has 0 amide bonds. The van der Waals surface area contributed by atoms with Crippen molar-refractivity contribution in [3.63, 3.8) is 0 Å². The second kappa shape index (κ2) is 8.96. The zero-order valence-electron chi connectivity index (χ0n) is 19.5. The summed E-state index contributed by atoms with van der Waals surface area (Å²) in [5, 5.41) is 9.69. The van der Waals surface area contributed by atoms with Crippen LogP contribution in [0.4, 0.5) is 0 Å². The summed E-state index contributed by atoms with van der Waals surface area (Å²) >= 11 is 0. The summed E-state index contributed by atoms with van der Waals surface area (Å²) < 4.78 is 38.3. The molecule has 5 nitrogen and oxygen atoms in total. The monoisotopic (exact) mass is 486 g/mol. The average Bonchev–Trinajstić information content (AvgIpc) is 3.27. The molecule has 1 aliphatic rings. The molecule has 5 rings (SSSR count). The zero-order chi connectivity index (χ0) is 24.6. The first-order valence-electron chi connectivity index (χ1n) is 11.4. The molecule has 0 aliphatic carbocycles. The van der Waals surface area contributed by atoms with Crippen LogP contribution in [-0.2, 0) is 25.1 Å². The van der Waals surface area contributed by atoms with Gasteiger partial charge in [0.15, 0.2) is 0 Å². The Morgan fingerprint density at radius 3 is 1.69 bits per heavy atom. The molecule has 2 atom stereocenters. The fourth-order valence-corrected chi connectivity index (χ4v) is 5.56. The number of sulfone groups is 1. The molecule has 2 unspecified atom stereocenters. The minimum Gasteiger partial charge on any atom is -0.508 e. The highest BCUT2D eigenvalue weighted by atomic mass is 32.2. The molecule has 0 aromatic heterocycles. The van der Waals surface area contributed by atoms with Crippen LogP contribution >= 0.6 is 0 Å². The van der Waals surface area contributed by atoms with E-state index in [2.05, 4.69) is 0 Å². The van der Waals surface area contributed by atoms with Crippen molar-refractivity contribution < 1.29 is 23.0 Å². The van der Waals surface area contributed by atoms with E-state index in [9.17, 15) is 13.5 Å². The smallest absolute Gasteiger partial charge is 0.222 e. The van der Waals surface area contributed by atoms with Crippen molar-refractivity contribution in [2.45, 2.75) is 35.5 Å². The number of benzene rings is 4. The Hall–Kier alpha value is -3.45. The summed E-state index contributed by atoms with van der Waals surface area (Å²) in [6, 6.07) is 28.5.